The molecule has 0 aliphatic carbocycles. The molecule has 19 aromatic carbocycles. The Morgan fingerprint density at radius 3 is 0.740 bits per heavy atom. The SMILES string of the molecule is c1ccc(-c2nc(-c3cc(-c4cccc(-c5ccc6oc7ccccc7c6c5)c4)cc(-c4cccc(-c5ccc6oc7ccccc7c6c5)c4)c3)cc(-c3ccc4ccc5cccnc5c4n3)n2)cc1.c1ccc(-c2nc(-c3cc(-c4cccc(-c5ccc6oc7ccccc7c6c5)c4)cc(-c4cccc(-c5ccc6oc7ccccc7c6c5)c4)c3)cc(-c3cccc(-c4ccc5ccc6cccnc6c5n4)c3)n2)cc1. The van der Waals surface area contributed by atoms with Crippen molar-refractivity contribution >= 4 is 131 Å². The van der Waals surface area contributed by atoms with Gasteiger partial charge in [0, 0.05) is 110 Å². The lowest BCUT2D eigenvalue weighted by Gasteiger charge is -2.15. The van der Waals surface area contributed by atoms with Crippen LogP contribution in [0.15, 0.2) is 503 Å². The predicted molar refractivity (Wildman–Crippen MR) is 596 cm³/mol. The van der Waals surface area contributed by atoms with Gasteiger partial charge in [-0.25, -0.2) is 29.9 Å². The zero-order chi connectivity index (χ0) is 96.2. The van der Waals surface area contributed by atoms with Crippen molar-refractivity contribution in [3.05, 3.63) is 486 Å². The normalized spacial score (nSPS) is 11.7. The summed E-state index contributed by atoms with van der Waals surface area (Å²) < 4.78 is 24.9. The smallest absolute Gasteiger partial charge is 0.160 e. The van der Waals surface area contributed by atoms with Gasteiger partial charge in [0.25, 0.3) is 0 Å². The molecule has 0 unspecified atom stereocenters. The summed E-state index contributed by atoms with van der Waals surface area (Å²) in [6.45, 7) is 0. The van der Waals surface area contributed by atoms with Crippen LogP contribution >= 0.6 is 0 Å². The fourth-order valence-corrected chi connectivity index (χ4v) is 20.8. The molecule has 0 aliphatic rings. The van der Waals surface area contributed by atoms with Crippen molar-refractivity contribution in [2.24, 2.45) is 0 Å². The first-order valence-corrected chi connectivity index (χ1v) is 48.9. The predicted octanol–water partition coefficient (Wildman–Crippen LogP) is 35.7. The number of furan rings is 4. The maximum absolute atomic E-state index is 6.22. The monoisotopic (exact) mass is 1860 g/mol. The van der Waals surface area contributed by atoms with Crippen molar-refractivity contribution in [3.8, 4) is 168 Å². The molecule has 146 heavy (non-hydrogen) atoms. The molecule has 0 N–H and O–H groups in total. The molecule has 0 saturated heterocycles. The molecule has 0 fully saturated rings. The van der Waals surface area contributed by atoms with Crippen LogP contribution in [-0.2, 0) is 0 Å². The second-order valence-corrected chi connectivity index (χ2v) is 37.2. The van der Waals surface area contributed by atoms with Gasteiger partial charge in [-0.05, 0) is 265 Å². The molecule has 0 spiro atoms. The van der Waals surface area contributed by atoms with Crippen molar-refractivity contribution in [1.29, 1.82) is 0 Å². The number of benzene rings is 19. The number of fused-ring (bicyclic) bond motifs is 18. The second-order valence-electron chi connectivity index (χ2n) is 37.2. The van der Waals surface area contributed by atoms with E-state index in [-0.39, 0.29) is 0 Å². The van der Waals surface area contributed by atoms with E-state index in [4.69, 9.17) is 57.5 Å². The lowest BCUT2D eigenvalue weighted by Crippen LogP contribution is -1.98. The summed E-state index contributed by atoms with van der Waals surface area (Å²) >= 11 is 0. The zero-order valence-electron chi connectivity index (χ0n) is 78.4. The highest BCUT2D eigenvalue weighted by Gasteiger charge is 2.23. The summed E-state index contributed by atoms with van der Waals surface area (Å²) in [5.41, 5.74) is 38.4. The molecule has 0 amide bonds. The third-order valence-corrected chi connectivity index (χ3v) is 28.2. The topological polar surface area (TPSA) is 156 Å². The van der Waals surface area contributed by atoms with E-state index in [1.165, 1.54) is 0 Å². The molecule has 680 valence electrons. The van der Waals surface area contributed by atoms with Crippen molar-refractivity contribution in [2.75, 3.05) is 0 Å². The van der Waals surface area contributed by atoms with Crippen LogP contribution in [0.2, 0.25) is 0 Å². The summed E-state index contributed by atoms with van der Waals surface area (Å²) in [6.07, 6.45) is 3.65. The molecule has 0 atom stereocenters. The number of hydrogen-bond acceptors (Lipinski definition) is 12. The van der Waals surface area contributed by atoms with E-state index in [0.29, 0.717) is 11.6 Å². The lowest BCUT2D eigenvalue weighted by atomic mass is 9.91. The molecule has 0 aliphatic heterocycles. The average Bonchev–Trinajstić information content (AvgIpc) is 1.75. The first-order chi connectivity index (χ1) is 72.2. The fourth-order valence-electron chi connectivity index (χ4n) is 20.8. The van der Waals surface area contributed by atoms with Crippen LogP contribution in [0.25, 0.3) is 300 Å². The Morgan fingerprint density at radius 1 is 0.123 bits per heavy atom. The van der Waals surface area contributed by atoms with E-state index in [1.807, 2.05) is 116 Å². The zero-order valence-corrected chi connectivity index (χ0v) is 78.4. The van der Waals surface area contributed by atoms with E-state index in [1.54, 1.807) is 0 Å². The van der Waals surface area contributed by atoms with Crippen LogP contribution in [0.3, 0.4) is 0 Å². The molecule has 29 rings (SSSR count). The van der Waals surface area contributed by atoms with Crippen LogP contribution in [-0.4, -0.2) is 39.9 Å². The van der Waals surface area contributed by atoms with Gasteiger partial charge in [-0.3, -0.25) is 9.97 Å². The fraction of sp³-hybridized carbons (Fsp3) is 0. The van der Waals surface area contributed by atoms with Crippen LogP contribution in [0, 0.1) is 0 Å². The van der Waals surface area contributed by atoms with Crippen molar-refractivity contribution in [3.63, 3.8) is 0 Å². The van der Waals surface area contributed by atoms with Crippen molar-refractivity contribution in [1.82, 2.24) is 39.9 Å². The highest BCUT2D eigenvalue weighted by Crippen LogP contribution is 2.46. The van der Waals surface area contributed by atoms with Gasteiger partial charge in [0.2, 0.25) is 0 Å². The molecule has 12 nitrogen and oxygen atoms in total. The number of hydrogen-bond donors (Lipinski definition) is 0. The first kappa shape index (κ1) is 84.3. The Labute approximate surface area is 836 Å². The van der Waals surface area contributed by atoms with Gasteiger partial charge in [0.15, 0.2) is 11.6 Å². The van der Waals surface area contributed by atoms with Gasteiger partial charge in [-0.1, -0.05) is 297 Å². The van der Waals surface area contributed by atoms with Crippen molar-refractivity contribution in [2.45, 2.75) is 0 Å². The van der Waals surface area contributed by atoms with Gasteiger partial charge < -0.3 is 17.7 Å². The Bertz CT molecular complexity index is 9980. The van der Waals surface area contributed by atoms with E-state index in [9.17, 15) is 0 Å². The molecule has 0 bridgehead atoms. The molecule has 12 heteroatoms. The number of nitrogens with zero attached hydrogens (tertiary/aromatic N) is 8. The average molecular weight is 1870 g/mol. The molecule has 10 aromatic heterocycles. The summed E-state index contributed by atoms with van der Waals surface area (Å²) in [7, 11) is 0. The molecule has 10 heterocycles. The number of aromatic nitrogens is 8. The van der Waals surface area contributed by atoms with Gasteiger partial charge in [-0.2, -0.15) is 0 Å². The van der Waals surface area contributed by atoms with Crippen LogP contribution in [0.4, 0.5) is 0 Å². The van der Waals surface area contributed by atoms with Gasteiger partial charge in [-0.15, -0.1) is 0 Å². The Hall–Kier alpha value is -19.8. The molecular formula is C134H80N8O4. The number of para-hydroxylation sites is 4. The molecular weight excluding hydrogens is 1790 g/mol. The van der Waals surface area contributed by atoms with Gasteiger partial charge >= 0.3 is 0 Å². The highest BCUT2D eigenvalue weighted by molar-refractivity contribution is 6.12. The van der Waals surface area contributed by atoms with Crippen LogP contribution in [0.5, 0.6) is 0 Å². The Kier molecular flexibility index (Phi) is 20.3. The van der Waals surface area contributed by atoms with E-state index < -0.39 is 0 Å². The minimum absolute atomic E-state index is 0.617. The van der Waals surface area contributed by atoms with E-state index in [0.717, 1.165) is 288 Å². The lowest BCUT2D eigenvalue weighted by molar-refractivity contribution is 0.668. The molecule has 0 radical (unpaired) electrons. The van der Waals surface area contributed by atoms with E-state index in [2.05, 4.69) is 370 Å². The van der Waals surface area contributed by atoms with Crippen LogP contribution in [0.1, 0.15) is 0 Å². The third-order valence-electron chi connectivity index (χ3n) is 28.2. The third kappa shape index (κ3) is 15.5. The van der Waals surface area contributed by atoms with Crippen LogP contribution < -0.4 is 0 Å². The molecule has 29 aromatic rings. The van der Waals surface area contributed by atoms with E-state index >= 15 is 0 Å². The Balaban J connectivity index is 0.000000142. The number of pyridine rings is 4. The summed E-state index contributed by atoms with van der Waals surface area (Å²) in [6, 6.07) is 166. The maximum Gasteiger partial charge on any atom is 0.160 e. The minimum atomic E-state index is 0.617. The highest BCUT2D eigenvalue weighted by atomic mass is 16.3. The largest absolute Gasteiger partial charge is 0.456 e. The van der Waals surface area contributed by atoms with Gasteiger partial charge in [0.05, 0.1) is 56.2 Å². The first-order valence-electron chi connectivity index (χ1n) is 48.9. The minimum Gasteiger partial charge on any atom is -0.456 e. The summed E-state index contributed by atoms with van der Waals surface area (Å²) in [4.78, 5) is 41.2. The number of rotatable bonds is 15. The Morgan fingerprint density at radius 2 is 0.370 bits per heavy atom. The molecule has 0 saturated carbocycles. The summed E-state index contributed by atoms with van der Waals surface area (Å²) in [5, 5.41) is 13.0. The summed E-state index contributed by atoms with van der Waals surface area (Å²) in [5.74, 6) is 1.26. The quantitative estimate of drug-likeness (QED) is 0.0897. The second kappa shape index (κ2) is 35.2. The maximum atomic E-state index is 6.22. The standard InChI is InChI=1S/C70H42N4O2.C64H38N4O2/c1-2-12-45(13-3-1)70-73-62(53-19-10-18-52(36-53)61-30-27-44-26-25-43-20-11-33-71-68(43)69(44)72-61)42-63(74-70)56-38-54(48-16-8-14-46(34-48)50-28-31-66-59(40-50)57-21-4-6-23-64(57)75-66)37-55(39-56)49-17-9-15-47(35-49)51-29-32-67-60(41-51)58-22-5-7-24-65(58)76-67;1-2-11-41(12-3-1)64-67-56(38-57(68-64)55-27-24-40-23-22-39-17-10-30-65-62(39)63(40)66-55)50-34-48(44-15-8-13-42(31-44)46-25-28-60-53(36-46)51-18-4-6-20-58(51)69-60)33-49(35-50)45-16-9-14-43(32-45)47-26-29-61-54(37-47)52-19-5-7-21-59(52)70-61/h1-42H;1-38H. The van der Waals surface area contributed by atoms with Crippen molar-refractivity contribution < 1.29 is 17.7 Å². The van der Waals surface area contributed by atoms with Gasteiger partial charge in [0.1, 0.15) is 44.7 Å².